The highest BCUT2D eigenvalue weighted by Crippen LogP contribution is 2.32. The van der Waals surface area contributed by atoms with Crippen molar-refractivity contribution in [3.05, 3.63) is 47.7 Å². The van der Waals surface area contributed by atoms with Gasteiger partial charge in [-0.05, 0) is 67.1 Å². The van der Waals surface area contributed by atoms with Gasteiger partial charge < -0.3 is 10.4 Å². The second-order valence-corrected chi connectivity index (χ2v) is 6.34. The van der Waals surface area contributed by atoms with Crippen molar-refractivity contribution in [1.82, 2.24) is 5.32 Å². The molecule has 1 rings (SSSR count). The van der Waals surface area contributed by atoms with E-state index < -0.39 is 0 Å². The molecule has 0 aliphatic heterocycles. The molecule has 0 unspecified atom stereocenters. The van der Waals surface area contributed by atoms with E-state index in [4.69, 9.17) is 0 Å². The van der Waals surface area contributed by atoms with Crippen molar-refractivity contribution >= 4 is 5.57 Å². The van der Waals surface area contributed by atoms with E-state index in [0.29, 0.717) is 11.7 Å². The minimum Gasteiger partial charge on any atom is -0.508 e. The van der Waals surface area contributed by atoms with Crippen LogP contribution in [0.2, 0.25) is 0 Å². The molecule has 0 saturated carbocycles. The van der Waals surface area contributed by atoms with Crippen molar-refractivity contribution in [3.8, 4) is 5.75 Å². The SMILES string of the molecule is C=CNCC/C(=C(/CCC)CC(C)C)c1cc(O)ccc1C. The highest BCUT2D eigenvalue weighted by Gasteiger charge is 2.13. The number of rotatable bonds is 9. The summed E-state index contributed by atoms with van der Waals surface area (Å²) in [5.41, 5.74) is 5.33. The Bertz CT molecular complexity index is 514. The van der Waals surface area contributed by atoms with Gasteiger partial charge in [0, 0.05) is 6.54 Å². The number of phenols is 1. The predicted octanol–water partition coefficient (Wildman–Crippen LogP) is 5.42. The second kappa shape index (κ2) is 9.34. The van der Waals surface area contributed by atoms with E-state index in [1.165, 1.54) is 22.3 Å². The molecule has 2 nitrogen and oxygen atoms in total. The van der Waals surface area contributed by atoms with Crippen LogP contribution in [0.1, 0.15) is 57.6 Å². The number of hydrogen-bond acceptors (Lipinski definition) is 2. The first-order valence-electron chi connectivity index (χ1n) is 8.34. The Morgan fingerprint density at radius 1 is 1.32 bits per heavy atom. The highest BCUT2D eigenvalue weighted by atomic mass is 16.3. The van der Waals surface area contributed by atoms with Gasteiger partial charge in [0.15, 0.2) is 0 Å². The molecule has 0 radical (unpaired) electrons. The smallest absolute Gasteiger partial charge is 0.116 e. The quantitative estimate of drug-likeness (QED) is 0.597. The molecule has 0 aliphatic carbocycles. The van der Waals surface area contributed by atoms with Crippen LogP contribution in [0, 0.1) is 12.8 Å². The van der Waals surface area contributed by atoms with Gasteiger partial charge >= 0.3 is 0 Å². The Morgan fingerprint density at radius 2 is 2.05 bits per heavy atom. The lowest BCUT2D eigenvalue weighted by Gasteiger charge is -2.19. The first-order valence-corrected chi connectivity index (χ1v) is 8.34. The van der Waals surface area contributed by atoms with Crippen molar-refractivity contribution in [2.45, 2.75) is 53.4 Å². The van der Waals surface area contributed by atoms with Gasteiger partial charge in [0.25, 0.3) is 0 Å². The van der Waals surface area contributed by atoms with E-state index in [-0.39, 0.29) is 0 Å². The van der Waals surface area contributed by atoms with Crippen LogP contribution < -0.4 is 5.32 Å². The average molecular weight is 301 g/mol. The number of aryl methyl sites for hydroxylation is 1. The summed E-state index contributed by atoms with van der Waals surface area (Å²) in [6.07, 6.45) is 6.09. The van der Waals surface area contributed by atoms with Gasteiger partial charge in [0.05, 0.1) is 0 Å². The zero-order valence-corrected chi connectivity index (χ0v) is 14.6. The summed E-state index contributed by atoms with van der Waals surface area (Å²) in [7, 11) is 0. The average Bonchev–Trinajstić information content (AvgIpc) is 2.46. The number of hydrogen-bond donors (Lipinski definition) is 2. The molecule has 2 heteroatoms. The predicted molar refractivity (Wildman–Crippen MR) is 96.9 cm³/mol. The number of benzene rings is 1. The van der Waals surface area contributed by atoms with Crippen molar-refractivity contribution in [1.29, 1.82) is 0 Å². The maximum atomic E-state index is 9.90. The minimum absolute atomic E-state index is 0.343. The van der Waals surface area contributed by atoms with Crippen LogP contribution in [0.25, 0.3) is 5.57 Å². The van der Waals surface area contributed by atoms with E-state index in [9.17, 15) is 5.11 Å². The molecule has 1 aromatic carbocycles. The number of nitrogens with one attached hydrogen (secondary N) is 1. The molecule has 0 amide bonds. The van der Waals surface area contributed by atoms with Crippen molar-refractivity contribution < 1.29 is 5.11 Å². The lowest BCUT2D eigenvalue weighted by atomic mass is 9.87. The van der Waals surface area contributed by atoms with E-state index in [0.717, 1.165) is 32.2 Å². The van der Waals surface area contributed by atoms with Gasteiger partial charge in [-0.25, -0.2) is 0 Å². The van der Waals surface area contributed by atoms with Gasteiger partial charge in [-0.15, -0.1) is 0 Å². The Labute approximate surface area is 136 Å². The normalized spacial score (nSPS) is 12.2. The zero-order chi connectivity index (χ0) is 16.5. The summed E-state index contributed by atoms with van der Waals surface area (Å²) in [4.78, 5) is 0. The molecule has 0 aliphatic rings. The fourth-order valence-corrected chi connectivity index (χ4v) is 2.91. The number of allylic oxidation sites excluding steroid dienone is 1. The molecule has 0 saturated heterocycles. The summed E-state index contributed by atoms with van der Waals surface area (Å²) in [6.45, 7) is 13.5. The third-order valence-corrected chi connectivity index (χ3v) is 3.84. The molecule has 0 heterocycles. The van der Waals surface area contributed by atoms with E-state index in [1.54, 1.807) is 12.3 Å². The van der Waals surface area contributed by atoms with Gasteiger partial charge in [-0.3, -0.25) is 0 Å². The molecule has 22 heavy (non-hydrogen) atoms. The molecule has 0 aromatic heterocycles. The van der Waals surface area contributed by atoms with Gasteiger partial charge in [-0.2, -0.15) is 0 Å². The van der Waals surface area contributed by atoms with Crippen LogP contribution in [-0.2, 0) is 0 Å². The largest absolute Gasteiger partial charge is 0.508 e. The summed E-state index contributed by atoms with van der Waals surface area (Å²) >= 11 is 0. The first-order chi connectivity index (χ1) is 10.5. The first kappa shape index (κ1) is 18.3. The van der Waals surface area contributed by atoms with Gasteiger partial charge in [0.2, 0.25) is 0 Å². The van der Waals surface area contributed by atoms with Crippen LogP contribution >= 0.6 is 0 Å². The molecular formula is C20H31NO. The summed E-state index contributed by atoms with van der Waals surface area (Å²) in [5.74, 6) is 0.983. The molecule has 0 fully saturated rings. The maximum Gasteiger partial charge on any atom is 0.116 e. The third-order valence-electron chi connectivity index (χ3n) is 3.84. The van der Waals surface area contributed by atoms with E-state index in [1.807, 2.05) is 12.1 Å². The Hall–Kier alpha value is -1.70. The standard InChI is InChI=1S/C20H31NO/c1-6-8-17(13-15(3)4)19(11-12-21-7-2)20-14-18(22)10-9-16(20)5/h7,9-10,14-15,21-22H,2,6,8,11-13H2,1,3-5H3/b19-17+. The fraction of sp³-hybridized carbons (Fsp3) is 0.500. The second-order valence-electron chi connectivity index (χ2n) is 6.34. The number of phenolic OH excluding ortho intramolecular Hbond substituents is 1. The van der Waals surface area contributed by atoms with Gasteiger partial charge in [0.1, 0.15) is 5.75 Å². The molecule has 1 aromatic rings. The molecule has 0 atom stereocenters. The van der Waals surface area contributed by atoms with Crippen molar-refractivity contribution in [2.75, 3.05) is 6.54 Å². The Balaban J connectivity index is 3.29. The van der Waals surface area contributed by atoms with E-state index in [2.05, 4.69) is 39.6 Å². The zero-order valence-electron chi connectivity index (χ0n) is 14.6. The van der Waals surface area contributed by atoms with Crippen LogP contribution in [0.15, 0.2) is 36.6 Å². The van der Waals surface area contributed by atoms with Crippen LogP contribution in [0.5, 0.6) is 5.75 Å². The van der Waals surface area contributed by atoms with Crippen molar-refractivity contribution in [2.24, 2.45) is 5.92 Å². The maximum absolute atomic E-state index is 9.90. The van der Waals surface area contributed by atoms with Crippen LogP contribution in [0.4, 0.5) is 0 Å². The monoisotopic (exact) mass is 301 g/mol. The summed E-state index contributed by atoms with van der Waals surface area (Å²) in [6, 6.07) is 5.68. The lowest BCUT2D eigenvalue weighted by molar-refractivity contribution is 0.475. The third kappa shape index (κ3) is 5.59. The van der Waals surface area contributed by atoms with Gasteiger partial charge in [-0.1, -0.05) is 45.4 Å². The van der Waals surface area contributed by atoms with Crippen molar-refractivity contribution in [3.63, 3.8) is 0 Å². The van der Waals surface area contributed by atoms with Crippen LogP contribution in [0.3, 0.4) is 0 Å². The molecule has 122 valence electrons. The molecular weight excluding hydrogens is 270 g/mol. The fourth-order valence-electron chi connectivity index (χ4n) is 2.91. The highest BCUT2D eigenvalue weighted by molar-refractivity contribution is 5.72. The molecule has 0 bridgehead atoms. The number of aromatic hydroxyl groups is 1. The van der Waals surface area contributed by atoms with E-state index >= 15 is 0 Å². The molecule has 2 N–H and O–H groups in total. The summed E-state index contributed by atoms with van der Waals surface area (Å²) in [5, 5.41) is 13.1. The topological polar surface area (TPSA) is 32.3 Å². The Morgan fingerprint density at radius 3 is 2.64 bits per heavy atom. The summed E-state index contributed by atoms with van der Waals surface area (Å²) < 4.78 is 0. The lowest BCUT2D eigenvalue weighted by Crippen LogP contribution is -2.09. The van der Waals surface area contributed by atoms with Crippen LogP contribution in [-0.4, -0.2) is 11.7 Å². The molecule has 0 spiro atoms. The minimum atomic E-state index is 0.343. The Kier molecular flexibility index (Phi) is 7.79.